The maximum Gasteiger partial charge on any atom is 0.246 e. The maximum absolute atomic E-state index is 11.6. The molecule has 0 spiro atoms. The smallest absolute Gasteiger partial charge is 0.246 e. The second-order valence-electron chi connectivity index (χ2n) is 3.79. The molecule has 0 bridgehead atoms. The number of carbonyl (C=O) groups excluding carboxylic acids is 1. The van der Waals surface area contributed by atoms with Gasteiger partial charge in [-0.2, -0.15) is 0 Å². The van der Waals surface area contributed by atoms with Crippen molar-refractivity contribution < 1.29 is 4.79 Å². The first-order valence-corrected chi connectivity index (χ1v) is 5.11. The maximum atomic E-state index is 11.6. The van der Waals surface area contributed by atoms with Gasteiger partial charge in [0.2, 0.25) is 5.91 Å². The molecule has 0 saturated carbocycles. The molecule has 1 aromatic carbocycles. The Morgan fingerprint density at radius 2 is 1.87 bits per heavy atom. The molecule has 1 aromatic rings. The number of amides is 1. The Morgan fingerprint density at radius 3 is 2.40 bits per heavy atom. The molecule has 0 fully saturated rings. The molecular formula is C13H17NO. The van der Waals surface area contributed by atoms with E-state index in [4.69, 9.17) is 0 Å². The Balaban J connectivity index is 2.63. The highest BCUT2D eigenvalue weighted by Crippen LogP contribution is 2.02. The molecule has 15 heavy (non-hydrogen) atoms. The van der Waals surface area contributed by atoms with E-state index in [1.807, 2.05) is 57.3 Å². The van der Waals surface area contributed by atoms with Gasteiger partial charge in [0.25, 0.3) is 0 Å². The Morgan fingerprint density at radius 1 is 1.27 bits per heavy atom. The van der Waals surface area contributed by atoms with E-state index >= 15 is 0 Å². The number of likely N-dealkylation sites (N-methyl/N-ethyl adjacent to an activating group) is 1. The van der Waals surface area contributed by atoms with Gasteiger partial charge in [-0.15, -0.1) is 0 Å². The van der Waals surface area contributed by atoms with Crippen LogP contribution >= 0.6 is 0 Å². The second-order valence-corrected chi connectivity index (χ2v) is 3.79. The first-order valence-electron chi connectivity index (χ1n) is 5.11. The molecule has 0 aliphatic carbocycles. The molecule has 2 heteroatoms. The molecule has 0 aliphatic rings. The summed E-state index contributed by atoms with van der Waals surface area (Å²) in [6, 6.07) is 10.0. The number of hydrogen-bond donors (Lipinski definition) is 0. The van der Waals surface area contributed by atoms with E-state index < -0.39 is 0 Å². The minimum absolute atomic E-state index is 0.0360. The summed E-state index contributed by atoms with van der Waals surface area (Å²) < 4.78 is 0. The normalized spacial score (nSPS) is 10.9. The number of nitrogens with zero attached hydrogens (tertiary/aromatic N) is 1. The molecule has 0 unspecified atom stereocenters. The minimum atomic E-state index is 0.0360. The fourth-order valence-corrected chi connectivity index (χ4v) is 1.10. The van der Waals surface area contributed by atoms with E-state index in [1.165, 1.54) is 0 Å². The van der Waals surface area contributed by atoms with Crippen molar-refractivity contribution in [2.24, 2.45) is 0 Å². The lowest BCUT2D eigenvalue weighted by atomic mass is 10.2. The first-order chi connectivity index (χ1) is 7.11. The van der Waals surface area contributed by atoms with Crippen LogP contribution in [-0.2, 0) is 4.79 Å². The summed E-state index contributed by atoms with van der Waals surface area (Å²) in [5, 5.41) is 0. The Kier molecular flexibility index (Phi) is 4.10. The fraction of sp³-hybridized carbons (Fsp3) is 0.308. The van der Waals surface area contributed by atoms with Gasteiger partial charge in [-0.1, -0.05) is 30.3 Å². The van der Waals surface area contributed by atoms with Gasteiger partial charge in [0.1, 0.15) is 0 Å². The van der Waals surface area contributed by atoms with Gasteiger partial charge in [-0.25, -0.2) is 0 Å². The third-order valence-corrected chi connectivity index (χ3v) is 2.34. The molecule has 2 nitrogen and oxygen atoms in total. The van der Waals surface area contributed by atoms with Crippen LogP contribution in [-0.4, -0.2) is 23.9 Å². The highest BCUT2D eigenvalue weighted by atomic mass is 16.2. The molecule has 0 heterocycles. The van der Waals surface area contributed by atoms with Crippen molar-refractivity contribution in [2.45, 2.75) is 19.9 Å². The Bertz CT molecular complexity index is 341. The standard InChI is InChI=1S/C13H17NO/c1-11(2)14(3)13(15)10-9-12-7-5-4-6-8-12/h4-11H,1-3H3. The van der Waals surface area contributed by atoms with Crippen LogP contribution in [0.15, 0.2) is 36.4 Å². The van der Waals surface area contributed by atoms with Crippen molar-refractivity contribution in [3.05, 3.63) is 42.0 Å². The lowest BCUT2D eigenvalue weighted by Crippen LogP contribution is -2.31. The van der Waals surface area contributed by atoms with Gasteiger partial charge in [-0.05, 0) is 25.5 Å². The highest BCUT2D eigenvalue weighted by molar-refractivity contribution is 5.91. The average Bonchev–Trinajstić information content (AvgIpc) is 2.26. The first kappa shape index (κ1) is 11.5. The van der Waals surface area contributed by atoms with Crippen molar-refractivity contribution in [2.75, 3.05) is 7.05 Å². The van der Waals surface area contributed by atoms with Gasteiger partial charge in [-0.3, -0.25) is 4.79 Å². The molecular weight excluding hydrogens is 186 g/mol. The number of rotatable bonds is 3. The zero-order valence-corrected chi connectivity index (χ0v) is 9.47. The molecule has 80 valence electrons. The monoisotopic (exact) mass is 203 g/mol. The van der Waals surface area contributed by atoms with Crippen LogP contribution in [0.1, 0.15) is 19.4 Å². The zero-order chi connectivity index (χ0) is 11.3. The summed E-state index contributed by atoms with van der Waals surface area (Å²) >= 11 is 0. The summed E-state index contributed by atoms with van der Waals surface area (Å²) in [5.74, 6) is 0.0360. The van der Waals surface area contributed by atoms with Crippen molar-refractivity contribution in [3.63, 3.8) is 0 Å². The van der Waals surface area contributed by atoms with E-state index in [0.29, 0.717) is 0 Å². The van der Waals surface area contributed by atoms with Crippen LogP contribution in [0.2, 0.25) is 0 Å². The predicted octanol–water partition coefficient (Wildman–Crippen LogP) is 2.57. The van der Waals surface area contributed by atoms with E-state index in [1.54, 1.807) is 11.0 Å². The molecule has 0 radical (unpaired) electrons. The fourth-order valence-electron chi connectivity index (χ4n) is 1.10. The van der Waals surface area contributed by atoms with E-state index in [9.17, 15) is 4.79 Å². The number of benzene rings is 1. The van der Waals surface area contributed by atoms with E-state index in [0.717, 1.165) is 5.56 Å². The molecule has 0 N–H and O–H groups in total. The summed E-state index contributed by atoms with van der Waals surface area (Å²) in [4.78, 5) is 13.3. The topological polar surface area (TPSA) is 20.3 Å². The summed E-state index contributed by atoms with van der Waals surface area (Å²) in [7, 11) is 1.81. The number of carbonyl (C=O) groups is 1. The quantitative estimate of drug-likeness (QED) is 0.691. The Hall–Kier alpha value is -1.57. The van der Waals surface area contributed by atoms with Crippen molar-refractivity contribution in [1.29, 1.82) is 0 Å². The van der Waals surface area contributed by atoms with Gasteiger partial charge >= 0.3 is 0 Å². The third kappa shape index (κ3) is 3.58. The molecule has 1 rings (SSSR count). The summed E-state index contributed by atoms with van der Waals surface area (Å²) in [6.07, 6.45) is 3.44. The van der Waals surface area contributed by atoms with Crippen LogP contribution in [0.5, 0.6) is 0 Å². The summed E-state index contributed by atoms with van der Waals surface area (Å²) in [5.41, 5.74) is 1.04. The van der Waals surface area contributed by atoms with Gasteiger partial charge in [0.15, 0.2) is 0 Å². The van der Waals surface area contributed by atoms with Crippen LogP contribution in [0, 0.1) is 0 Å². The van der Waals surface area contributed by atoms with E-state index in [2.05, 4.69) is 0 Å². The van der Waals surface area contributed by atoms with Crippen LogP contribution in [0.25, 0.3) is 6.08 Å². The highest BCUT2D eigenvalue weighted by Gasteiger charge is 2.07. The molecule has 1 amide bonds. The van der Waals surface area contributed by atoms with Crippen molar-refractivity contribution in [3.8, 4) is 0 Å². The zero-order valence-electron chi connectivity index (χ0n) is 9.47. The van der Waals surface area contributed by atoms with Crippen LogP contribution in [0.4, 0.5) is 0 Å². The van der Waals surface area contributed by atoms with Gasteiger partial charge in [0.05, 0.1) is 0 Å². The molecule has 0 aromatic heterocycles. The lowest BCUT2D eigenvalue weighted by molar-refractivity contribution is -0.126. The third-order valence-electron chi connectivity index (χ3n) is 2.34. The van der Waals surface area contributed by atoms with Crippen molar-refractivity contribution >= 4 is 12.0 Å². The second kappa shape index (κ2) is 5.35. The molecule has 0 aliphatic heterocycles. The van der Waals surface area contributed by atoms with Crippen molar-refractivity contribution in [1.82, 2.24) is 4.90 Å². The number of hydrogen-bond acceptors (Lipinski definition) is 1. The molecule has 0 atom stereocenters. The minimum Gasteiger partial charge on any atom is -0.340 e. The van der Waals surface area contributed by atoms with Crippen LogP contribution in [0.3, 0.4) is 0 Å². The van der Waals surface area contributed by atoms with Gasteiger partial charge < -0.3 is 4.90 Å². The van der Waals surface area contributed by atoms with E-state index in [-0.39, 0.29) is 11.9 Å². The molecule has 0 saturated heterocycles. The largest absolute Gasteiger partial charge is 0.340 e. The summed E-state index contributed by atoms with van der Waals surface area (Å²) in [6.45, 7) is 3.99. The predicted molar refractivity (Wildman–Crippen MR) is 63.4 cm³/mol. The average molecular weight is 203 g/mol. The van der Waals surface area contributed by atoms with Gasteiger partial charge in [0, 0.05) is 19.2 Å². The Labute approximate surface area is 91.2 Å². The SMILES string of the molecule is CC(C)N(C)C(=O)C=Cc1ccccc1. The lowest BCUT2D eigenvalue weighted by Gasteiger charge is -2.19. The van der Waals surface area contributed by atoms with Crippen LogP contribution < -0.4 is 0 Å².